The van der Waals surface area contributed by atoms with Crippen molar-refractivity contribution in [2.24, 2.45) is 0 Å². The number of fused-ring (bicyclic) bond motifs is 3. The lowest BCUT2D eigenvalue weighted by Gasteiger charge is -2.36. The molecular weight excluding hydrogens is 445 g/mol. The van der Waals surface area contributed by atoms with Crippen LogP contribution in [0.5, 0.6) is 5.75 Å². The Morgan fingerprint density at radius 3 is 1.83 bits per heavy atom. The summed E-state index contributed by atoms with van der Waals surface area (Å²) in [7, 11) is 0.942. The van der Waals surface area contributed by atoms with Gasteiger partial charge in [0, 0.05) is 17.8 Å². The highest BCUT2D eigenvalue weighted by molar-refractivity contribution is 7.80. The number of rotatable bonds is 5. The van der Waals surface area contributed by atoms with Crippen molar-refractivity contribution in [2.75, 3.05) is 12.0 Å². The highest BCUT2D eigenvalue weighted by atomic mass is 31.1. The fourth-order valence-corrected chi connectivity index (χ4v) is 7.57. The quantitative estimate of drug-likeness (QED) is 0.262. The van der Waals surface area contributed by atoms with Crippen LogP contribution in [0.25, 0.3) is 11.1 Å². The molecule has 0 bridgehead atoms. The van der Waals surface area contributed by atoms with E-state index in [0.717, 1.165) is 12.3 Å². The minimum absolute atomic E-state index is 0.820. The Hall–Kier alpha value is -3.87. The lowest BCUT2D eigenvalue weighted by Crippen LogP contribution is -2.30. The van der Waals surface area contributed by atoms with E-state index in [2.05, 4.69) is 132 Å². The topological polar surface area (TPSA) is 12.5 Å². The number of para-hydroxylation sites is 1. The number of hydrogen-bond acceptors (Lipinski definition) is 2. The first-order valence-corrected chi connectivity index (χ1v) is 13.2. The van der Waals surface area contributed by atoms with E-state index < -0.39 is 7.92 Å². The van der Waals surface area contributed by atoms with Crippen LogP contribution < -0.4 is 25.6 Å². The fourth-order valence-electron chi connectivity index (χ4n) is 5.01. The summed E-state index contributed by atoms with van der Waals surface area (Å²) in [6.07, 6.45) is 0. The standard InChI is InChI=1S/C32H26NOP/c1-34-31-22-12-21-30(32(31)35(25-14-4-2-5-15-25)26-16-6-3-7-17-26)33-23-24-13-8-9-18-27(24)28-19-10-11-20-29(28)33/h2-22H,23H2,1H3. The number of benzene rings is 5. The van der Waals surface area contributed by atoms with Gasteiger partial charge in [-0.15, -0.1) is 0 Å². The summed E-state index contributed by atoms with van der Waals surface area (Å²) >= 11 is 0. The predicted octanol–water partition coefficient (Wildman–Crippen LogP) is 6.77. The monoisotopic (exact) mass is 471 g/mol. The highest BCUT2D eigenvalue weighted by Gasteiger charge is 2.29. The third kappa shape index (κ3) is 3.91. The van der Waals surface area contributed by atoms with E-state index in [9.17, 15) is 0 Å². The molecule has 0 atom stereocenters. The molecule has 3 heteroatoms. The summed E-state index contributed by atoms with van der Waals surface area (Å²) < 4.78 is 6.05. The first kappa shape index (κ1) is 21.6. The Labute approximate surface area is 208 Å². The molecule has 0 fully saturated rings. The Kier molecular flexibility index (Phi) is 5.82. The van der Waals surface area contributed by atoms with Crippen molar-refractivity contribution in [1.82, 2.24) is 0 Å². The van der Waals surface area contributed by atoms with Crippen molar-refractivity contribution in [3.63, 3.8) is 0 Å². The van der Waals surface area contributed by atoms with E-state index in [1.807, 2.05) is 0 Å². The van der Waals surface area contributed by atoms with Gasteiger partial charge in [0.25, 0.3) is 0 Å². The van der Waals surface area contributed by atoms with E-state index in [-0.39, 0.29) is 0 Å². The summed E-state index contributed by atoms with van der Waals surface area (Å²) in [5, 5.41) is 3.87. The second-order valence-corrected chi connectivity index (χ2v) is 10.7. The smallest absolute Gasteiger partial charge is 0.129 e. The van der Waals surface area contributed by atoms with Gasteiger partial charge in [-0.05, 0) is 47.9 Å². The van der Waals surface area contributed by atoms with Crippen LogP contribution >= 0.6 is 7.92 Å². The van der Waals surface area contributed by atoms with Gasteiger partial charge >= 0.3 is 0 Å². The van der Waals surface area contributed by atoms with E-state index in [4.69, 9.17) is 4.74 Å². The Morgan fingerprint density at radius 2 is 1.14 bits per heavy atom. The van der Waals surface area contributed by atoms with Gasteiger partial charge in [0.2, 0.25) is 0 Å². The Balaban J connectivity index is 1.61. The maximum Gasteiger partial charge on any atom is 0.129 e. The first-order valence-electron chi connectivity index (χ1n) is 11.9. The molecule has 0 spiro atoms. The molecule has 1 aliphatic rings. The van der Waals surface area contributed by atoms with Crippen LogP contribution in [-0.2, 0) is 6.54 Å². The molecule has 0 radical (unpaired) electrons. The van der Waals surface area contributed by atoms with E-state index in [1.54, 1.807) is 7.11 Å². The molecule has 0 aromatic heterocycles. The second kappa shape index (κ2) is 9.41. The molecule has 1 heterocycles. The van der Waals surface area contributed by atoms with E-state index in [1.165, 1.54) is 44.0 Å². The van der Waals surface area contributed by atoms with Gasteiger partial charge in [-0.1, -0.05) is 109 Å². The molecular formula is C32H26NOP. The van der Waals surface area contributed by atoms with Crippen molar-refractivity contribution in [2.45, 2.75) is 6.54 Å². The van der Waals surface area contributed by atoms with Crippen LogP contribution in [-0.4, -0.2) is 7.11 Å². The summed E-state index contributed by atoms with van der Waals surface area (Å²) in [6.45, 7) is 0.820. The summed E-state index contributed by atoms with van der Waals surface area (Å²) in [5.74, 6) is 0.928. The molecule has 0 N–H and O–H groups in total. The molecule has 0 aliphatic carbocycles. The lowest BCUT2D eigenvalue weighted by atomic mass is 9.93. The third-order valence-corrected chi connectivity index (χ3v) is 9.10. The van der Waals surface area contributed by atoms with Crippen LogP contribution in [0.4, 0.5) is 11.4 Å². The van der Waals surface area contributed by atoms with Gasteiger partial charge in [-0.25, -0.2) is 0 Å². The maximum atomic E-state index is 6.05. The number of anilines is 2. The van der Waals surface area contributed by atoms with Crippen LogP contribution in [0.2, 0.25) is 0 Å². The second-order valence-electron chi connectivity index (χ2n) is 8.59. The number of nitrogens with zero attached hydrogens (tertiary/aromatic N) is 1. The van der Waals surface area contributed by atoms with E-state index in [0.29, 0.717) is 0 Å². The van der Waals surface area contributed by atoms with Crippen LogP contribution in [0, 0.1) is 0 Å². The molecule has 5 aromatic rings. The van der Waals surface area contributed by atoms with Crippen molar-refractivity contribution in [3.8, 4) is 16.9 Å². The van der Waals surface area contributed by atoms with Crippen molar-refractivity contribution in [1.29, 1.82) is 0 Å². The molecule has 2 nitrogen and oxygen atoms in total. The minimum atomic E-state index is -0.841. The number of methoxy groups -OCH3 is 1. The molecule has 0 amide bonds. The molecule has 0 saturated carbocycles. The number of hydrogen-bond donors (Lipinski definition) is 0. The Bertz CT molecular complexity index is 1430. The maximum absolute atomic E-state index is 6.05. The average Bonchev–Trinajstić information content (AvgIpc) is 2.94. The molecule has 0 unspecified atom stereocenters. The number of ether oxygens (including phenoxy) is 1. The lowest BCUT2D eigenvalue weighted by molar-refractivity contribution is 0.418. The van der Waals surface area contributed by atoms with Gasteiger partial charge in [0.1, 0.15) is 5.75 Å². The summed E-state index contributed by atoms with van der Waals surface area (Å²) in [5.41, 5.74) is 6.36. The molecule has 170 valence electrons. The van der Waals surface area contributed by atoms with Crippen molar-refractivity contribution < 1.29 is 4.74 Å². The highest BCUT2D eigenvalue weighted by Crippen LogP contribution is 2.46. The SMILES string of the molecule is COc1cccc(N2Cc3ccccc3-c3ccccc32)c1P(c1ccccc1)c1ccccc1. The first-order chi connectivity index (χ1) is 17.3. The van der Waals surface area contributed by atoms with Gasteiger partial charge in [-0.2, -0.15) is 0 Å². The third-order valence-electron chi connectivity index (χ3n) is 6.57. The molecule has 6 rings (SSSR count). The zero-order valence-corrected chi connectivity index (χ0v) is 20.5. The normalized spacial score (nSPS) is 12.2. The van der Waals surface area contributed by atoms with Crippen LogP contribution in [0.3, 0.4) is 0 Å². The van der Waals surface area contributed by atoms with Crippen LogP contribution in [0.1, 0.15) is 5.56 Å². The fraction of sp³-hybridized carbons (Fsp3) is 0.0625. The van der Waals surface area contributed by atoms with E-state index >= 15 is 0 Å². The van der Waals surface area contributed by atoms with Gasteiger partial charge in [0.05, 0.1) is 18.1 Å². The molecule has 1 aliphatic heterocycles. The van der Waals surface area contributed by atoms with Gasteiger partial charge in [-0.3, -0.25) is 0 Å². The predicted molar refractivity (Wildman–Crippen MR) is 149 cm³/mol. The molecule has 0 saturated heterocycles. The Morgan fingerprint density at radius 1 is 0.571 bits per heavy atom. The summed E-state index contributed by atoms with van der Waals surface area (Å²) in [6, 6.07) is 45.6. The van der Waals surface area contributed by atoms with Gasteiger partial charge < -0.3 is 9.64 Å². The van der Waals surface area contributed by atoms with Crippen LogP contribution in [0.15, 0.2) is 127 Å². The molecule has 35 heavy (non-hydrogen) atoms. The summed E-state index contributed by atoms with van der Waals surface area (Å²) in [4.78, 5) is 2.47. The largest absolute Gasteiger partial charge is 0.496 e. The average molecular weight is 472 g/mol. The molecule has 5 aromatic carbocycles. The van der Waals surface area contributed by atoms with Crippen molar-refractivity contribution >= 4 is 35.2 Å². The zero-order chi connectivity index (χ0) is 23.6. The van der Waals surface area contributed by atoms with Gasteiger partial charge in [0.15, 0.2) is 0 Å². The van der Waals surface area contributed by atoms with Crippen molar-refractivity contribution in [3.05, 3.63) is 133 Å². The zero-order valence-electron chi connectivity index (χ0n) is 19.6. The minimum Gasteiger partial charge on any atom is -0.496 e.